The minimum atomic E-state index is -0.522. The van der Waals surface area contributed by atoms with Crippen LogP contribution in [0.4, 0.5) is 15.9 Å². The first-order valence-electron chi connectivity index (χ1n) is 13.6. The molecule has 2 amide bonds. The van der Waals surface area contributed by atoms with Crippen LogP contribution in [0.5, 0.6) is 0 Å². The summed E-state index contributed by atoms with van der Waals surface area (Å²) >= 11 is 0. The van der Waals surface area contributed by atoms with E-state index >= 15 is 0 Å². The third-order valence-electron chi connectivity index (χ3n) is 8.28. The number of halogens is 1. The van der Waals surface area contributed by atoms with Gasteiger partial charge in [0.15, 0.2) is 0 Å². The van der Waals surface area contributed by atoms with Gasteiger partial charge in [-0.15, -0.1) is 0 Å². The number of benzene rings is 1. The van der Waals surface area contributed by atoms with E-state index in [0.29, 0.717) is 6.54 Å². The van der Waals surface area contributed by atoms with E-state index in [9.17, 15) is 14.0 Å². The van der Waals surface area contributed by atoms with Crippen molar-refractivity contribution in [1.29, 1.82) is 0 Å². The van der Waals surface area contributed by atoms with Crippen molar-refractivity contribution in [1.82, 2.24) is 25.5 Å². The Kier molecular flexibility index (Phi) is 7.69. The minimum absolute atomic E-state index is 0.00629. The lowest BCUT2D eigenvalue weighted by molar-refractivity contribution is -0.139. The number of likely N-dealkylation sites (N-methyl/N-ethyl adjacent to an activating group) is 1. The fraction of sp³-hybridized carbons (Fsp3) is 0.571. The summed E-state index contributed by atoms with van der Waals surface area (Å²) in [4.78, 5) is 39.9. The maximum absolute atomic E-state index is 14.0. The number of amides is 2. The van der Waals surface area contributed by atoms with Gasteiger partial charge in [-0.3, -0.25) is 9.59 Å². The summed E-state index contributed by atoms with van der Waals surface area (Å²) in [5.41, 5.74) is 2.74. The number of likely N-dealkylation sites (tertiary alicyclic amines) is 1. The Morgan fingerprint density at radius 2 is 1.86 bits per heavy atom. The van der Waals surface area contributed by atoms with Gasteiger partial charge in [0.25, 0.3) is 0 Å². The lowest BCUT2D eigenvalue weighted by Crippen LogP contribution is -2.55. The Balaban J connectivity index is 1.38. The molecule has 2 N–H and O–H groups in total. The van der Waals surface area contributed by atoms with Gasteiger partial charge in [0.2, 0.25) is 11.8 Å². The average Bonchev–Trinajstić information content (AvgIpc) is 3.58. The second-order valence-electron chi connectivity index (χ2n) is 10.6. The molecule has 1 aromatic carbocycles. The van der Waals surface area contributed by atoms with Crippen LogP contribution in [0.25, 0.3) is 0 Å². The van der Waals surface area contributed by atoms with Crippen molar-refractivity contribution >= 4 is 23.3 Å². The second kappa shape index (κ2) is 11.1. The van der Waals surface area contributed by atoms with Crippen LogP contribution in [0.1, 0.15) is 69.2 Å². The fourth-order valence-corrected chi connectivity index (χ4v) is 6.07. The van der Waals surface area contributed by atoms with Gasteiger partial charge in [-0.1, -0.05) is 19.3 Å². The second-order valence-corrected chi connectivity index (χ2v) is 10.6. The number of hydrogen-bond donors (Lipinski definition) is 2. The van der Waals surface area contributed by atoms with E-state index in [0.717, 1.165) is 74.3 Å². The standard InChI is InChI=1S/C28H37FN6O2/c1-18(30-2)27(36)33-26(19-7-4-3-5-8-19)28(37)35-13-6-9-24(35)22-16-25(32-17-31-22)34-14-12-20-15-21(29)10-11-23(20)34/h10-11,15-19,24,26,30H,3-9,12-14H2,1-2H3,(H,33,36). The third kappa shape index (κ3) is 5.32. The largest absolute Gasteiger partial charge is 0.343 e. The number of anilines is 2. The predicted octanol–water partition coefficient (Wildman–Crippen LogP) is 3.65. The van der Waals surface area contributed by atoms with Crippen molar-refractivity contribution in [3.8, 4) is 0 Å². The molecule has 9 heteroatoms. The molecule has 1 saturated heterocycles. The van der Waals surface area contributed by atoms with E-state index < -0.39 is 6.04 Å². The Morgan fingerprint density at radius 1 is 1.05 bits per heavy atom. The summed E-state index contributed by atoms with van der Waals surface area (Å²) < 4.78 is 13.7. The lowest BCUT2D eigenvalue weighted by atomic mass is 9.83. The molecule has 198 valence electrons. The molecule has 2 aromatic rings. The number of carbonyl (C=O) groups excluding carboxylic acids is 2. The number of nitrogens with one attached hydrogen (secondary N) is 2. The van der Waals surface area contributed by atoms with Gasteiger partial charge < -0.3 is 20.4 Å². The number of rotatable bonds is 7. The predicted molar refractivity (Wildman–Crippen MR) is 140 cm³/mol. The zero-order chi connectivity index (χ0) is 25.9. The first kappa shape index (κ1) is 25.6. The van der Waals surface area contributed by atoms with Crippen LogP contribution in [0.3, 0.4) is 0 Å². The van der Waals surface area contributed by atoms with E-state index in [1.165, 1.54) is 12.5 Å². The van der Waals surface area contributed by atoms with Gasteiger partial charge in [0, 0.05) is 24.8 Å². The monoisotopic (exact) mass is 508 g/mol. The summed E-state index contributed by atoms with van der Waals surface area (Å²) in [5, 5.41) is 6.07. The molecule has 0 spiro atoms. The molecule has 3 unspecified atom stereocenters. The maximum atomic E-state index is 14.0. The van der Waals surface area contributed by atoms with Gasteiger partial charge in [-0.05, 0) is 75.8 Å². The van der Waals surface area contributed by atoms with Gasteiger partial charge in [-0.25, -0.2) is 14.4 Å². The first-order valence-corrected chi connectivity index (χ1v) is 13.6. The number of hydrogen-bond acceptors (Lipinski definition) is 6. The first-order chi connectivity index (χ1) is 18.0. The lowest BCUT2D eigenvalue weighted by Gasteiger charge is -2.35. The maximum Gasteiger partial charge on any atom is 0.246 e. The SMILES string of the molecule is CNC(C)C(=O)NC(C(=O)N1CCCC1c1cc(N2CCc3cc(F)ccc32)ncn1)C1CCCCC1. The van der Waals surface area contributed by atoms with E-state index in [1.807, 2.05) is 17.9 Å². The summed E-state index contributed by atoms with van der Waals surface area (Å²) in [6, 6.07) is 5.78. The van der Waals surface area contributed by atoms with Crippen LogP contribution in [0.2, 0.25) is 0 Å². The molecule has 3 heterocycles. The van der Waals surface area contributed by atoms with Crippen molar-refractivity contribution in [3.05, 3.63) is 47.7 Å². The summed E-state index contributed by atoms with van der Waals surface area (Å²) in [5.74, 6) is 0.532. The smallest absolute Gasteiger partial charge is 0.246 e. The van der Waals surface area contributed by atoms with E-state index in [-0.39, 0.29) is 35.6 Å². The molecule has 0 radical (unpaired) electrons. The van der Waals surface area contributed by atoms with Crippen molar-refractivity contribution in [2.45, 2.75) is 76.4 Å². The van der Waals surface area contributed by atoms with Crippen molar-refractivity contribution in [2.24, 2.45) is 5.92 Å². The van der Waals surface area contributed by atoms with Crippen LogP contribution in [-0.2, 0) is 16.0 Å². The van der Waals surface area contributed by atoms with Crippen molar-refractivity contribution < 1.29 is 14.0 Å². The highest BCUT2D eigenvalue weighted by molar-refractivity contribution is 5.90. The van der Waals surface area contributed by atoms with Gasteiger partial charge >= 0.3 is 0 Å². The molecule has 5 rings (SSSR count). The molecule has 3 aliphatic rings. The highest BCUT2D eigenvalue weighted by Crippen LogP contribution is 2.38. The minimum Gasteiger partial charge on any atom is -0.343 e. The molecule has 8 nitrogen and oxygen atoms in total. The number of aromatic nitrogens is 2. The Morgan fingerprint density at radius 3 is 2.65 bits per heavy atom. The summed E-state index contributed by atoms with van der Waals surface area (Å²) in [7, 11) is 1.75. The van der Waals surface area contributed by atoms with Crippen LogP contribution in [0, 0.1) is 11.7 Å². The molecule has 37 heavy (non-hydrogen) atoms. The quantitative estimate of drug-likeness (QED) is 0.594. The third-order valence-corrected chi connectivity index (χ3v) is 8.28. The normalized spacial score (nSPS) is 21.5. The van der Waals surface area contributed by atoms with Crippen molar-refractivity contribution in [3.63, 3.8) is 0 Å². The Hall–Kier alpha value is -3.07. The van der Waals surface area contributed by atoms with Crippen molar-refractivity contribution in [2.75, 3.05) is 25.0 Å². The average molecular weight is 509 g/mol. The van der Waals surface area contributed by atoms with Crippen LogP contribution < -0.4 is 15.5 Å². The molecular weight excluding hydrogens is 471 g/mol. The van der Waals surface area contributed by atoms with Crippen LogP contribution in [0.15, 0.2) is 30.6 Å². The molecule has 1 saturated carbocycles. The molecule has 2 fully saturated rings. The van der Waals surface area contributed by atoms with E-state index in [4.69, 9.17) is 0 Å². The number of fused-ring (bicyclic) bond motifs is 1. The Labute approximate surface area is 218 Å². The van der Waals surface area contributed by atoms with Gasteiger partial charge in [0.05, 0.1) is 17.8 Å². The molecular formula is C28H37FN6O2. The topological polar surface area (TPSA) is 90.5 Å². The van der Waals surface area contributed by atoms with Gasteiger partial charge in [0.1, 0.15) is 24.0 Å². The number of carbonyl (C=O) groups is 2. The van der Waals surface area contributed by atoms with Gasteiger partial charge in [-0.2, -0.15) is 0 Å². The zero-order valence-electron chi connectivity index (χ0n) is 21.8. The molecule has 3 atom stereocenters. The Bertz CT molecular complexity index is 1140. The van der Waals surface area contributed by atoms with E-state index in [2.05, 4.69) is 25.5 Å². The van der Waals surface area contributed by atoms with Crippen LogP contribution in [-0.4, -0.2) is 58.9 Å². The summed E-state index contributed by atoms with van der Waals surface area (Å²) in [6.07, 6.45) is 9.29. The van der Waals surface area contributed by atoms with Crippen LogP contribution >= 0.6 is 0 Å². The van der Waals surface area contributed by atoms with E-state index in [1.54, 1.807) is 25.5 Å². The highest BCUT2D eigenvalue weighted by atomic mass is 19.1. The molecule has 1 aliphatic carbocycles. The number of nitrogens with zero attached hydrogens (tertiary/aromatic N) is 4. The molecule has 0 bridgehead atoms. The molecule has 2 aliphatic heterocycles. The summed E-state index contributed by atoms with van der Waals surface area (Å²) in [6.45, 7) is 3.18. The molecule has 1 aromatic heterocycles. The zero-order valence-corrected chi connectivity index (χ0v) is 21.8. The highest BCUT2D eigenvalue weighted by Gasteiger charge is 2.39. The fourth-order valence-electron chi connectivity index (χ4n) is 6.07.